The van der Waals surface area contributed by atoms with Crippen LogP contribution >= 0.6 is 22.9 Å². The molecule has 2 atom stereocenters. The van der Waals surface area contributed by atoms with Crippen LogP contribution in [-0.4, -0.2) is 29.4 Å². The number of aromatic amines is 1. The summed E-state index contributed by atoms with van der Waals surface area (Å²) in [5.74, 6) is 0. The molecule has 1 aliphatic rings. The molecule has 2 aromatic heterocycles. The van der Waals surface area contributed by atoms with Crippen LogP contribution in [-0.2, 0) is 4.74 Å². The molecule has 0 radical (unpaired) electrons. The lowest BCUT2D eigenvalue weighted by molar-refractivity contribution is -0.0171. The fraction of sp³-hybridized carbons (Fsp3) is 0.385. The zero-order valence-electron chi connectivity index (χ0n) is 10.9. The van der Waals surface area contributed by atoms with Crippen molar-refractivity contribution in [2.24, 2.45) is 0 Å². The van der Waals surface area contributed by atoms with Crippen molar-refractivity contribution in [1.82, 2.24) is 10.2 Å². The van der Waals surface area contributed by atoms with E-state index in [1.165, 1.54) is 0 Å². The molecule has 3 rings (SSSR count). The molecule has 0 unspecified atom stereocenters. The first-order valence-corrected chi connectivity index (χ1v) is 7.63. The first kappa shape index (κ1) is 13.6. The van der Waals surface area contributed by atoms with Gasteiger partial charge in [-0.1, -0.05) is 11.6 Å². The third-order valence-electron chi connectivity index (χ3n) is 3.29. The van der Waals surface area contributed by atoms with E-state index in [0.29, 0.717) is 18.8 Å². The van der Waals surface area contributed by atoms with Gasteiger partial charge in [-0.3, -0.25) is 4.79 Å². The number of nitrogens with one attached hydrogen (secondary N) is 1. The summed E-state index contributed by atoms with van der Waals surface area (Å²) in [5.41, 5.74) is 1.45. The molecular weight excluding hydrogens is 298 g/mol. The summed E-state index contributed by atoms with van der Waals surface area (Å²) in [6.45, 7) is 3.36. The number of aromatic nitrogens is 2. The number of rotatable bonds is 2. The van der Waals surface area contributed by atoms with Gasteiger partial charge < -0.3 is 9.64 Å². The van der Waals surface area contributed by atoms with Crippen LogP contribution in [0, 0.1) is 0 Å². The number of halogens is 1. The number of anilines is 1. The van der Waals surface area contributed by atoms with Crippen molar-refractivity contribution < 1.29 is 4.74 Å². The lowest BCUT2D eigenvalue weighted by atomic mass is 10.1. The molecule has 1 fully saturated rings. The van der Waals surface area contributed by atoms with Gasteiger partial charge in [0, 0.05) is 13.1 Å². The maximum absolute atomic E-state index is 11.6. The molecule has 0 aliphatic carbocycles. The Labute approximate surface area is 125 Å². The number of ether oxygens (including phenoxy) is 1. The minimum absolute atomic E-state index is 0.0136. The number of nitrogens with zero attached hydrogens (tertiary/aromatic N) is 2. The van der Waals surface area contributed by atoms with Gasteiger partial charge in [0.1, 0.15) is 11.1 Å². The van der Waals surface area contributed by atoms with Gasteiger partial charge in [0.25, 0.3) is 5.56 Å². The highest BCUT2D eigenvalue weighted by atomic mass is 35.5. The Hall–Kier alpha value is -1.37. The molecule has 0 aromatic carbocycles. The van der Waals surface area contributed by atoms with E-state index in [4.69, 9.17) is 16.3 Å². The fourth-order valence-corrected chi connectivity index (χ4v) is 3.30. The number of hydrogen-bond acceptors (Lipinski definition) is 5. The number of morpholine rings is 1. The van der Waals surface area contributed by atoms with Gasteiger partial charge in [0.05, 0.1) is 18.0 Å². The van der Waals surface area contributed by atoms with Gasteiger partial charge in [-0.25, -0.2) is 5.10 Å². The summed E-state index contributed by atoms with van der Waals surface area (Å²) >= 11 is 7.73. The zero-order valence-corrected chi connectivity index (χ0v) is 12.4. The van der Waals surface area contributed by atoms with E-state index in [-0.39, 0.29) is 22.8 Å². The van der Waals surface area contributed by atoms with E-state index in [1.807, 2.05) is 12.3 Å². The summed E-state index contributed by atoms with van der Waals surface area (Å²) < 4.78 is 5.97. The summed E-state index contributed by atoms with van der Waals surface area (Å²) in [6.07, 6.45) is 1.64. The Morgan fingerprint density at radius 3 is 3.15 bits per heavy atom. The van der Waals surface area contributed by atoms with Gasteiger partial charge in [-0.2, -0.15) is 16.4 Å². The van der Waals surface area contributed by atoms with Crippen molar-refractivity contribution in [3.05, 3.63) is 44.0 Å². The molecule has 7 heteroatoms. The SMILES string of the molecule is C[C@H]1CN(c2cn[nH]c(=O)c2Cl)C[C@@H](c2ccsc2)O1. The molecule has 106 valence electrons. The summed E-state index contributed by atoms with van der Waals surface area (Å²) in [4.78, 5) is 13.6. The third-order valence-corrected chi connectivity index (χ3v) is 4.36. The van der Waals surface area contributed by atoms with Crippen molar-refractivity contribution in [2.45, 2.75) is 19.1 Å². The Morgan fingerprint density at radius 2 is 2.40 bits per heavy atom. The Morgan fingerprint density at radius 1 is 1.55 bits per heavy atom. The van der Waals surface area contributed by atoms with Crippen molar-refractivity contribution >= 4 is 28.6 Å². The van der Waals surface area contributed by atoms with E-state index in [2.05, 4.69) is 26.5 Å². The number of H-pyrrole nitrogens is 1. The molecule has 5 nitrogen and oxygen atoms in total. The number of hydrogen-bond donors (Lipinski definition) is 1. The maximum atomic E-state index is 11.6. The Kier molecular flexibility index (Phi) is 3.78. The van der Waals surface area contributed by atoms with Gasteiger partial charge in [0.15, 0.2) is 0 Å². The second-order valence-corrected chi connectivity index (χ2v) is 5.95. The van der Waals surface area contributed by atoms with Crippen LogP contribution in [0.25, 0.3) is 0 Å². The van der Waals surface area contributed by atoms with Gasteiger partial charge in [-0.15, -0.1) is 0 Å². The normalized spacial score (nSPS) is 23.0. The Balaban J connectivity index is 1.90. The van der Waals surface area contributed by atoms with E-state index in [9.17, 15) is 4.79 Å². The molecule has 0 spiro atoms. The van der Waals surface area contributed by atoms with Gasteiger partial charge in [-0.05, 0) is 29.3 Å². The average Bonchev–Trinajstić information content (AvgIpc) is 2.95. The van der Waals surface area contributed by atoms with Crippen LogP contribution in [0.1, 0.15) is 18.6 Å². The molecule has 1 N–H and O–H groups in total. The smallest absolute Gasteiger partial charge is 0.285 e. The summed E-state index contributed by atoms with van der Waals surface area (Å²) in [7, 11) is 0. The number of thiophene rings is 1. The topological polar surface area (TPSA) is 58.2 Å². The van der Waals surface area contributed by atoms with Crippen molar-refractivity contribution in [1.29, 1.82) is 0 Å². The Bertz CT molecular complexity index is 643. The summed E-state index contributed by atoms with van der Waals surface area (Å²) in [6, 6.07) is 2.06. The van der Waals surface area contributed by atoms with Crippen LogP contribution in [0.3, 0.4) is 0 Å². The van der Waals surface area contributed by atoms with Crippen molar-refractivity contribution in [3.63, 3.8) is 0 Å². The molecule has 0 amide bonds. The zero-order chi connectivity index (χ0) is 14.1. The molecule has 3 heterocycles. The molecule has 2 aromatic rings. The molecular formula is C13H14ClN3O2S. The highest BCUT2D eigenvalue weighted by molar-refractivity contribution is 7.07. The van der Waals surface area contributed by atoms with E-state index in [0.717, 1.165) is 5.56 Å². The van der Waals surface area contributed by atoms with Gasteiger partial charge in [0.2, 0.25) is 0 Å². The molecule has 1 aliphatic heterocycles. The van der Waals surface area contributed by atoms with Crippen LogP contribution < -0.4 is 10.5 Å². The first-order valence-electron chi connectivity index (χ1n) is 6.31. The molecule has 0 saturated carbocycles. The lowest BCUT2D eigenvalue weighted by Crippen LogP contribution is -2.43. The van der Waals surface area contributed by atoms with E-state index >= 15 is 0 Å². The second kappa shape index (κ2) is 5.55. The molecule has 20 heavy (non-hydrogen) atoms. The maximum Gasteiger partial charge on any atom is 0.285 e. The van der Waals surface area contributed by atoms with Crippen LogP contribution in [0.5, 0.6) is 0 Å². The predicted octanol–water partition coefficient (Wildman–Crippen LogP) is 2.45. The quantitative estimate of drug-likeness (QED) is 0.925. The second-order valence-electron chi connectivity index (χ2n) is 4.80. The van der Waals surface area contributed by atoms with Crippen molar-refractivity contribution in [3.8, 4) is 0 Å². The first-order chi connectivity index (χ1) is 9.65. The third kappa shape index (κ3) is 2.59. The highest BCUT2D eigenvalue weighted by Crippen LogP contribution is 2.31. The van der Waals surface area contributed by atoms with Gasteiger partial charge >= 0.3 is 0 Å². The molecule has 0 bridgehead atoms. The van der Waals surface area contributed by atoms with Crippen LogP contribution in [0.2, 0.25) is 5.02 Å². The fourth-order valence-electron chi connectivity index (χ4n) is 2.39. The van der Waals surface area contributed by atoms with E-state index < -0.39 is 0 Å². The summed E-state index contributed by atoms with van der Waals surface area (Å²) in [5, 5.41) is 10.5. The average molecular weight is 312 g/mol. The molecule has 1 saturated heterocycles. The monoisotopic (exact) mass is 311 g/mol. The highest BCUT2D eigenvalue weighted by Gasteiger charge is 2.28. The minimum Gasteiger partial charge on any atom is -0.367 e. The van der Waals surface area contributed by atoms with E-state index in [1.54, 1.807) is 17.5 Å². The standard InChI is InChI=1S/C13H14ClN3O2S/c1-8-5-17(10-4-15-16-13(18)12(10)14)6-11(19-8)9-2-3-20-7-9/h2-4,7-8,11H,5-6H2,1H3,(H,16,18)/t8-,11-/m0/s1. The predicted molar refractivity (Wildman–Crippen MR) is 79.7 cm³/mol. The van der Waals surface area contributed by atoms with Crippen molar-refractivity contribution in [2.75, 3.05) is 18.0 Å². The lowest BCUT2D eigenvalue weighted by Gasteiger charge is -2.38. The largest absolute Gasteiger partial charge is 0.367 e. The van der Waals surface area contributed by atoms with Crippen LogP contribution in [0.4, 0.5) is 5.69 Å². The van der Waals surface area contributed by atoms with Crippen LogP contribution in [0.15, 0.2) is 27.8 Å². The minimum atomic E-state index is -0.365.